The van der Waals surface area contributed by atoms with E-state index in [1.165, 1.54) is 6.07 Å². The summed E-state index contributed by atoms with van der Waals surface area (Å²) in [5, 5.41) is 16.5. The number of fused-ring (bicyclic) bond motifs is 2. The minimum atomic E-state index is -3.85. The Balaban J connectivity index is 1.60. The maximum absolute atomic E-state index is 12.1. The Bertz CT molecular complexity index is 1710. The molecule has 35 heavy (non-hydrogen) atoms. The average molecular weight is 486 g/mol. The predicted molar refractivity (Wildman–Crippen MR) is 141 cm³/mol. The van der Waals surface area contributed by atoms with Gasteiger partial charge in [-0.25, -0.2) is 13.6 Å². The topological polar surface area (TPSA) is 103 Å². The summed E-state index contributed by atoms with van der Waals surface area (Å²) in [6.07, 6.45) is 1.90. The second-order valence-electron chi connectivity index (χ2n) is 8.99. The van der Waals surface area contributed by atoms with Gasteiger partial charge < -0.3 is 5.32 Å². The number of nitrogens with one attached hydrogen (secondary N) is 1. The van der Waals surface area contributed by atoms with Crippen LogP contribution in [0, 0.1) is 13.8 Å². The quantitative estimate of drug-likeness (QED) is 0.355. The Morgan fingerprint density at radius 2 is 1.77 bits per heavy atom. The van der Waals surface area contributed by atoms with Gasteiger partial charge in [-0.15, -0.1) is 0 Å². The number of benzene rings is 3. The number of aryl methyl sites for hydroxylation is 3. The molecule has 0 saturated carbocycles. The molecule has 0 aliphatic heterocycles. The van der Waals surface area contributed by atoms with Gasteiger partial charge in [0.15, 0.2) is 0 Å². The smallest absolute Gasteiger partial charge is 0.240 e. The highest BCUT2D eigenvalue weighted by Gasteiger charge is 2.18. The summed E-state index contributed by atoms with van der Waals surface area (Å²) in [5.74, 6) is 0. The normalized spacial score (nSPS) is 12.8. The lowest BCUT2D eigenvalue weighted by molar-refractivity contribution is 0.598. The van der Waals surface area contributed by atoms with Gasteiger partial charge in [0.1, 0.15) is 4.90 Å². The van der Waals surface area contributed by atoms with E-state index in [0.717, 1.165) is 49.8 Å². The van der Waals surface area contributed by atoms with Crippen molar-refractivity contribution in [2.75, 3.05) is 5.32 Å². The fraction of sp³-hybridized carbons (Fsp3) is 0.185. The molecule has 2 heterocycles. The van der Waals surface area contributed by atoms with Gasteiger partial charge in [0.05, 0.1) is 22.6 Å². The van der Waals surface area contributed by atoms with E-state index in [1.807, 2.05) is 38.7 Å². The van der Waals surface area contributed by atoms with Crippen molar-refractivity contribution in [1.29, 1.82) is 0 Å². The second kappa shape index (κ2) is 8.48. The third-order valence-corrected chi connectivity index (χ3v) is 7.34. The highest BCUT2D eigenvalue weighted by molar-refractivity contribution is 7.89. The van der Waals surface area contributed by atoms with Gasteiger partial charge in [0.25, 0.3) is 0 Å². The van der Waals surface area contributed by atoms with Gasteiger partial charge in [-0.1, -0.05) is 29.8 Å². The molecule has 0 amide bonds. The zero-order chi connectivity index (χ0) is 24.9. The van der Waals surface area contributed by atoms with Crippen molar-refractivity contribution >= 4 is 37.4 Å². The van der Waals surface area contributed by atoms with Crippen molar-refractivity contribution < 1.29 is 8.42 Å². The van der Waals surface area contributed by atoms with Crippen molar-refractivity contribution in [3.8, 4) is 11.3 Å². The van der Waals surface area contributed by atoms with E-state index < -0.39 is 10.0 Å². The standard InChI is InChI=1S/C27H27N5O2S/c1-16-11-20-15-29-25(19-9-10-26-22(13-19)18(3)31-32(26)4)14-23(20)21(12-16)17(2)30-24-7-5-6-8-27(24)35(28,33)34/h5-15,17,30H,1-4H3,(H2,28,33,34)/t17-/m1/s1. The number of hydrogen-bond donors (Lipinski definition) is 2. The molecule has 3 N–H and O–H groups in total. The number of sulfonamides is 1. The van der Waals surface area contributed by atoms with Crippen LogP contribution in [0.3, 0.4) is 0 Å². The molecule has 178 valence electrons. The zero-order valence-electron chi connectivity index (χ0n) is 20.1. The molecule has 0 spiro atoms. The van der Waals surface area contributed by atoms with E-state index >= 15 is 0 Å². The molecule has 5 rings (SSSR count). The lowest BCUT2D eigenvalue weighted by Crippen LogP contribution is -2.16. The Morgan fingerprint density at radius 3 is 2.54 bits per heavy atom. The first-order valence-corrected chi connectivity index (χ1v) is 12.9. The fourth-order valence-electron chi connectivity index (χ4n) is 4.70. The van der Waals surface area contributed by atoms with E-state index in [4.69, 9.17) is 10.1 Å². The summed E-state index contributed by atoms with van der Waals surface area (Å²) in [6.45, 7) is 6.06. The van der Waals surface area contributed by atoms with Crippen molar-refractivity contribution in [3.05, 3.63) is 83.7 Å². The van der Waals surface area contributed by atoms with Crippen molar-refractivity contribution in [1.82, 2.24) is 14.8 Å². The van der Waals surface area contributed by atoms with Crippen LogP contribution >= 0.6 is 0 Å². The molecule has 8 heteroatoms. The third kappa shape index (κ3) is 4.26. The van der Waals surface area contributed by atoms with E-state index in [2.05, 4.69) is 46.8 Å². The number of pyridine rings is 1. The minimum absolute atomic E-state index is 0.0753. The molecule has 0 aliphatic rings. The van der Waals surface area contributed by atoms with Gasteiger partial charge in [-0.05, 0) is 68.1 Å². The van der Waals surface area contributed by atoms with Crippen molar-refractivity contribution in [2.45, 2.75) is 31.7 Å². The molecule has 0 saturated heterocycles. The van der Waals surface area contributed by atoms with E-state index in [-0.39, 0.29) is 10.9 Å². The monoisotopic (exact) mass is 485 g/mol. The van der Waals surface area contributed by atoms with Gasteiger partial charge in [0.2, 0.25) is 10.0 Å². The maximum Gasteiger partial charge on any atom is 0.240 e. The molecule has 2 aromatic heterocycles. The van der Waals surface area contributed by atoms with Crippen LogP contribution in [0.25, 0.3) is 32.9 Å². The number of para-hydroxylation sites is 1. The Hall–Kier alpha value is -3.75. The van der Waals surface area contributed by atoms with Crippen LogP contribution in [0.5, 0.6) is 0 Å². The fourth-order valence-corrected chi connectivity index (χ4v) is 5.40. The number of nitrogens with zero attached hydrogens (tertiary/aromatic N) is 3. The molecule has 3 aromatic carbocycles. The highest BCUT2D eigenvalue weighted by Crippen LogP contribution is 2.33. The first-order valence-electron chi connectivity index (χ1n) is 11.3. The lowest BCUT2D eigenvalue weighted by Gasteiger charge is -2.20. The van der Waals surface area contributed by atoms with Gasteiger partial charge in [-0.2, -0.15) is 5.10 Å². The summed E-state index contributed by atoms with van der Waals surface area (Å²) in [4.78, 5) is 4.82. The highest BCUT2D eigenvalue weighted by atomic mass is 32.2. The molecule has 0 radical (unpaired) electrons. The van der Waals surface area contributed by atoms with Crippen molar-refractivity contribution in [2.24, 2.45) is 12.2 Å². The molecule has 7 nitrogen and oxygen atoms in total. The van der Waals surface area contributed by atoms with Crippen LogP contribution in [0.1, 0.15) is 29.8 Å². The average Bonchev–Trinajstić information content (AvgIpc) is 3.10. The number of primary sulfonamides is 1. The zero-order valence-corrected chi connectivity index (χ0v) is 20.9. The maximum atomic E-state index is 12.1. The van der Waals surface area contributed by atoms with Gasteiger partial charge in [0, 0.05) is 35.6 Å². The molecule has 1 atom stereocenters. The van der Waals surface area contributed by atoms with Crippen LogP contribution < -0.4 is 10.5 Å². The van der Waals surface area contributed by atoms with Gasteiger partial charge in [-0.3, -0.25) is 9.67 Å². The van der Waals surface area contributed by atoms with E-state index in [0.29, 0.717) is 5.69 Å². The second-order valence-corrected chi connectivity index (χ2v) is 10.5. The summed E-state index contributed by atoms with van der Waals surface area (Å²) < 4.78 is 26.0. The molecule has 0 bridgehead atoms. The predicted octanol–water partition coefficient (Wildman–Crippen LogP) is 5.23. The summed E-state index contributed by atoms with van der Waals surface area (Å²) in [5.41, 5.74) is 6.56. The summed E-state index contributed by atoms with van der Waals surface area (Å²) in [6, 6.07) is 19.1. The van der Waals surface area contributed by atoms with Crippen LogP contribution in [0.2, 0.25) is 0 Å². The number of anilines is 1. The molecular formula is C27H27N5O2S. The summed E-state index contributed by atoms with van der Waals surface area (Å²) in [7, 11) is -1.91. The van der Waals surface area contributed by atoms with Crippen LogP contribution in [-0.4, -0.2) is 23.2 Å². The Labute approximate surface area is 204 Å². The molecule has 0 unspecified atom stereocenters. The molecular weight excluding hydrogens is 458 g/mol. The molecule has 0 aliphatic carbocycles. The van der Waals surface area contributed by atoms with Crippen LogP contribution in [0.4, 0.5) is 5.69 Å². The number of nitrogens with two attached hydrogens (primary N) is 1. The van der Waals surface area contributed by atoms with Gasteiger partial charge >= 0.3 is 0 Å². The number of rotatable bonds is 5. The summed E-state index contributed by atoms with van der Waals surface area (Å²) >= 11 is 0. The SMILES string of the molecule is Cc1cc([C@@H](C)Nc2ccccc2S(N)(=O)=O)c2cc(-c3ccc4c(c3)c(C)nn4C)ncc2c1. The largest absolute Gasteiger partial charge is 0.377 e. The lowest BCUT2D eigenvalue weighted by atomic mass is 9.96. The molecule has 5 aromatic rings. The number of hydrogen-bond acceptors (Lipinski definition) is 5. The van der Waals surface area contributed by atoms with E-state index in [9.17, 15) is 8.42 Å². The third-order valence-electron chi connectivity index (χ3n) is 6.37. The van der Waals surface area contributed by atoms with E-state index in [1.54, 1.807) is 18.2 Å². The number of aromatic nitrogens is 3. The Morgan fingerprint density at radius 1 is 1.00 bits per heavy atom. The molecule has 0 fully saturated rings. The Kier molecular flexibility index (Phi) is 5.57. The minimum Gasteiger partial charge on any atom is -0.377 e. The van der Waals surface area contributed by atoms with Crippen LogP contribution in [-0.2, 0) is 17.1 Å². The first kappa shape index (κ1) is 23.0. The first-order chi connectivity index (χ1) is 16.6. The van der Waals surface area contributed by atoms with Crippen molar-refractivity contribution in [3.63, 3.8) is 0 Å². The van der Waals surface area contributed by atoms with Crippen LogP contribution in [0.15, 0.2) is 71.8 Å².